The van der Waals surface area contributed by atoms with Gasteiger partial charge in [-0.05, 0) is 25.0 Å². The maximum Gasteiger partial charge on any atom is 0.417 e. The molecule has 7 heteroatoms. The Hall–Kier alpha value is -2.44. The van der Waals surface area contributed by atoms with Crippen LogP contribution in [0, 0.1) is 0 Å². The Kier molecular flexibility index (Phi) is 3.33. The van der Waals surface area contributed by atoms with Crippen LogP contribution in [-0.4, -0.2) is 26.8 Å². The van der Waals surface area contributed by atoms with E-state index in [4.69, 9.17) is 0 Å². The summed E-state index contributed by atoms with van der Waals surface area (Å²) in [7, 11) is 0. The van der Waals surface area contributed by atoms with Gasteiger partial charge in [0.1, 0.15) is 6.33 Å². The van der Waals surface area contributed by atoms with Gasteiger partial charge in [-0.2, -0.15) is 13.2 Å². The number of fused-ring (bicyclic) bond motifs is 4. The van der Waals surface area contributed by atoms with Crippen LogP contribution in [0.2, 0.25) is 0 Å². The first-order chi connectivity index (χ1) is 11.5. The molecular weight excluding hydrogens is 319 g/mol. The number of aromatic nitrogens is 2. The van der Waals surface area contributed by atoms with Crippen LogP contribution in [0.5, 0.6) is 0 Å². The number of halogens is 3. The van der Waals surface area contributed by atoms with Gasteiger partial charge in [0.05, 0.1) is 22.9 Å². The molecule has 1 fully saturated rings. The number of amides is 1. The molecule has 0 spiro atoms. The van der Waals surface area contributed by atoms with E-state index in [1.54, 1.807) is 11.1 Å². The largest absolute Gasteiger partial charge is 0.417 e. The molecule has 124 valence electrons. The molecule has 1 aromatic heterocycles. The van der Waals surface area contributed by atoms with Gasteiger partial charge in [0.2, 0.25) is 0 Å². The molecule has 4 rings (SSSR count). The molecule has 2 aliphatic rings. The summed E-state index contributed by atoms with van der Waals surface area (Å²) >= 11 is 0. The van der Waals surface area contributed by atoms with Gasteiger partial charge in [-0.1, -0.05) is 12.1 Å². The van der Waals surface area contributed by atoms with Gasteiger partial charge >= 0.3 is 6.18 Å². The van der Waals surface area contributed by atoms with Crippen molar-refractivity contribution in [1.29, 1.82) is 0 Å². The third kappa shape index (κ3) is 2.26. The number of rotatable bonds is 1. The Bertz CT molecular complexity index is 806. The van der Waals surface area contributed by atoms with Gasteiger partial charge < -0.3 is 4.90 Å². The number of alkyl halides is 3. The molecule has 2 bridgehead atoms. The fraction of sp³-hybridized carbons (Fsp3) is 0.353. The summed E-state index contributed by atoms with van der Waals surface area (Å²) in [6.45, 7) is 0. The van der Waals surface area contributed by atoms with E-state index in [1.165, 1.54) is 24.5 Å². The summed E-state index contributed by atoms with van der Waals surface area (Å²) in [5.74, 6) is -0.565. The fourth-order valence-corrected chi connectivity index (χ4v) is 3.79. The summed E-state index contributed by atoms with van der Waals surface area (Å²) in [6, 6.07) is 4.62. The predicted molar refractivity (Wildman–Crippen MR) is 79.1 cm³/mol. The molecule has 1 amide bonds. The summed E-state index contributed by atoms with van der Waals surface area (Å²) < 4.78 is 39.7. The molecule has 2 atom stereocenters. The van der Waals surface area contributed by atoms with Crippen molar-refractivity contribution in [3.8, 4) is 0 Å². The lowest BCUT2D eigenvalue weighted by Gasteiger charge is -2.36. The van der Waals surface area contributed by atoms with Crippen molar-refractivity contribution in [3.05, 3.63) is 59.2 Å². The first kappa shape index (κ1) is 15.1. The molecule has 0 saturated carbocycles. The Balaban J connectivity index is 1.75. The minimum absolute atomic E-state index is 0.105. The average molecular weight is 333 g/mol. The van der Waals surface area contributed by atoms with E-state index < -0.39 is 17.6 Å². The number of hydrogen-bond acceptors (Lipinski definition) is 3. The molecule has 0 aliphatic carbocycles. The van der Waals surface area contributed by atoms with E-state index in [0.29, 0.717) is 6.42 Å². The van der Waals surface area contributed by atoms with Crippen molar-refractivity contribution in [2.24, 2.45) is 0 Å². The molecular formula is C17H14F3N3O. The molecule has 0 radical (unpaired) electrons. The van der Waals surface area contributed by atoms with E-state index in [2.05, 4.69) is 9.97 Å². The van der Waals surface area contributed by atoms with Crippen LogP contribution in [0.25, 0.3) is 0 Å². The highest BCUT2D eigenvalue weighted by molar-refractivity contribution is 5.96. The molecule has 2 aliphatic heterocycles. The lowest BCUT2D eigenvalue weighted by atomic mass is 9.97. The topological polar surface area (TPSA) is 46.1 Å². The molecule has 24 heavy (non-hydrogen) atoms. The molecule has 4 nitrogen and oxygen atoms in total. The zero-order valence-electron chi connectivity index (χ0n) is 12.6. The van der Waals surface area contributed by atoms with Crippen LogP contribution in [0.15, 0.2) is 36.8 Å². The number of carbonyl (C=O) groups excluding carboxylic acids is 1. The highest BCUT2D eigenvalue weighted by Crippen LogP contribution is 2.44. The second-order valence-electron chi connectivity index (χ2n) is 6.13. The lowest BCUT2D eigenvalue weighted by Crippen LogP contribution is -2.42. The molecule has 0 N–H and O–H groups in total. The van der Waals surface area contributed by atoms with Gasteiger partial charge in [0.15, 0.2) is 0 Å². The minimum atomic E-state index is -4.55. The first-order valence-electron chi connectivity index (χ1n) is 7.74. The molecule has 1 aromatic carbocycles. The molecule has 3 heterocycles. The molecule has 2 aromatic rings. The third-order valence-corrected chi connectivity index (χ3v) is 4.81. The lowest BCUT2D eigenvalue weighted by molar-refractivity contribution is -0.138. The summed E-state index contributed by atoms with van der Waals surface area (Å²) in [6.07, 6.45) is 0.640. The van der Waals surface area contributed by atoms with Crippen LogP contribution in [0.4, 0.5) is 13.2 Å². The maximum atomic E-state index is 13.2. The van der Waals surface area contributed by atoms with Gasteiger partial charge in [0, 0.05) is 24.2 Å². The van der Waals surface area contributed by atoms with Crippen LogP contribution in [-0.2, 0) is 12.6 Å². The van der Waals surface area contributed by atoms with Crippen molar-refractivity contribution in [2.75, 3.05) is 0 Å². The quantitative estimate of drug-likeness (QED) is 0.803. The summed E-state index contributed by atoms with van der Waals surface area (Å²) in [5, 5.41) is 0. The van der Waals surface area contributed by atoms with E-state index in [-0.39, 0.29) is 17.6 Å². The minimum Gasteiger partial charge on any atom is -0.328 e. The van der Waals surface area contributed by atoms with Gasteiger partial charge in [0.25, 0.3) is 5.91 Å². The standard InChI is InChI=1S/C17H14F3N3O/c18-17(19,20)13-4-2-1-3-11(13)16(24)23-10-5-6-15(23)12-8-21-9-22-14(12)7-10/h1-4,8-10,15H,5-7H2. The van der Waals surface area contributed by atoms with E-state index in [9.17, 15) is 18.0 Å². The Morgan fingerprint density at radius 2 is 2.00 bits per heavy atom. The zero-order chi connectivity index (χ0) is 16.9. The summed E-state index contributed by atoms with van der Waals surface area (Å²) in [5.41, 5.74) is 0.571. The van der Waals surface area contributed by atoms with E-state index in [0.717, 1.165) is 30.2 Å². The highest BCUT2D eigenvalue weighted by atomic mass is 19.4. The third-order valence-electron chi connectivity index (χ3n) is 4.81. The Morgan fingerprint density at radius 3 is 2.79 bits per heavy atom. The second-order valence-corrected chi connectivity index (χ2v) is 6.13. The van der Waals surface area contributed by atoms with Crippen LogP contribution >= 0.6 is 0 Å². The van der Waals surface area contributed by atoms with Gasteiger partial charge in [-0.15, -0.1) is 0 Å². The number of benzene rings is 1. The smallest absolute Gasteiger partial charge is 0.328 e. The SMILES string of the molecule is O=C(c1ccccc1C(F)(F)F)N1C2CCC1c1cncnc1C2. The molecule has 1 saturated heterocycles. The van der Waals surface area contributed by atoms with Crippen molar-refractivity contribution in [2.45, 2.75) is 37.5 Å². The van der Waals surface area contributed by atoms with Crippen molar-refractivity contribution < 1.29 is 18.0 Å². The van der Waals surface area contributed by atoms with Crippen molar-refractivity contribution >= 4 is 5.91 Å². The Labute approximate surface area is 136 Å². The van der Waals surface area contributed by atoms with Crippen LogP contribution in [0.1, 0.15) is 46.1 Å². The Morgan fingerprint density at radius 1 is 1.21 bits per heavy atom. The van der Waals surface area contributed by atoms with E-state index >= 15 is 0 Å². The zero-order valence-corrected chi connectivity index (χ0v) is 12.6. The van der Waals surface area contributed by atoms with Gasteiger partial charge in [-0.3, -0.25) is 4.79 Å². The fourth-order valence-electron chi connectivity index (χ4n) is 3.79. The first-order valence-corrected chi connectivity index (χ1v) is 7.74. The van der Waals surface area contributed by atoms with E-state index in [1.807, 2.05) is 0 Å². The number of carbonyl (C=O) groups is 1. The molecule has 2 unspecified atom stereocenters. The normalized spacial score (nSPS) is 22.4. The van der Waals surface area contributed by atoms with Crippen molar-refractivity contribution in [1.82, 2.24) is 14.9 Å². The average Bonchev–Trinajstić information content (AvgIpc) is 2.88. The maximum absolute atomic E-state index is 13.2. The number of nitrogens with zero attached hydrogens (tertiary/aromatic N) is 3. The summed E-state index contributed by atoms with van der Waals surface area (Å²) in [4.78, 5) is 22.8. The van der Waals surface area contributed by atoms with Crippen LogP contribution in [0.3, 0.4) is 0 Å². The van der Waals surface area contributed by atoms with Gasteiger partial charge in [-0.25, -0.2) is 9.97 Å². The predicted octanol–water partition coefficient (Wildman–Crippen LogP) is 3.40. The second kappa shape index (κ2) is 5.29. The number of hydrogen-bond donors (Lipinski definition) is 0. The monoisotopic (exact) mass is 333 g/mol. The highest BCUT2D eigenvalue weighted by Gasteiger charge is 2.45. The van der Waals surface area contributed by atoms with Crippen molar-refractivity contribution in [3.63, 3.8) is 0 Å². The van der Waals surface area contributed by atoms with Crippen LogP contribution < -0.4 is 0 Å².